The molecule has 3 heteroatoms. The van der Waals surface area contributed by atoms with E-state index in [0.29, 0.717) is 0 Å². The fraction of sp³-hybridized carbons (Fsp3) is 0. The number of rotatable bonds is 0. The van der Waals surface area contributed by atoms with E-state index in [1.165, 1.54) is 12.2 Å². The zero-order chi connectivity index (χ0) is 13.9. The molecule has 3 nitrogen and oxygen atoms in total. The summed E-state index contributed by atoms with van der Waals surface area (Å²) in [7, 11) is 0. The minimum atomic E-state index is 0.735. The van der Waals surface area contributed by atoms with Crippen LogP contribution in [0.5, 0.6) is 0 Å². The fourth-order valence-corrected chi connectivity index (χ4v) is 2.31. The van der Waals surface area contributed by atoms with Gasteiger partial charge in [-0.05, 0) is 23.4 Å². The standard InChI is InChI=1S/C17H9N3/c18-9-7-12-5-6-17-15(14(12)8-10-19)11-13-3-1-2-4-16(13)20-17/h1-8,11H. The van der Waals surface area contributed by atoms with E-state index >= 15 is 0 Å². The normalized spacial score (nSPS) is 12.5. The molecular weight excluding hydrogens is 246 g/mol. The Labute approximate surface area is 115 Å². The van der Waals surface area contributed by atoms with Crippen LogP contribution in [0.3, 0.4) is 0 Å². The number of benzene rings is 2. The lowest BCUT2D eigenvalue weighted by atomic mass is 10.1. The Balaban J connectivity index is 2.58. The van der Waals surface area contributed by atoms with Crippen LogP contribution in [0.4, 0.5) is 0 Å². The Morgan fingerprint density at radius 3 is 2.50 bits per heavy atom. The Bertz CT molecular complexity index is 1020. The number of nitrogens with zero attached hydrogens (tertiary/aromatic N) is 3. The third-order valence-electron chi connectivity index (χ3n) is 3.20. The smallest absolute Gasteiger partial charge is 0.0918 e. The van der Waals surface area contributed by atoms with Gasteiger partial charge in [0.05, 0.1) is 23.2 Å². The Kier molecular flexibility index (Phi) is 2.88. The summed E-state index contributed by atoms with van der Waals surface area (Å²) < 4.78 is 0. The zero-order valence-electron chi connectivity index (χ0n) is 10.5. The lowest BCUT2D eigenvalue weighted by molar-refractivity contribution is 1.46. The van der Waals surface area contributed by atoms with Gasteiger partial charge in [-0.3, -0.25) is 0 Å². The maximum Gasteiger partial charge on any atom is 0.0918 e. The van der Waals surface area contributed by atoms with Crippen molar-refractivity contribution in [2.75, 3.05) is 0 Å². The van der Waals surface area contributed by atoms with Gasteiger partial charge < -0.3 is 0 Å². The van der Waals surface area contributed by atoms with Crippen molar-refractivity contribution in [1.82, 2.24) is 4.98 Å². The molecule has 0 N–H and O–H groups in total. The van der Waals surface area contributed by atoms with Gasteiger partial charge >= 0.3 is 0 Å². The zero-order valence-corrected chi connectivity index (χ0v) is 10.5. The first-order valence-corrected chi connectivity index (χ1v) is 6.11. The van der Waals surface area contributed by atoms with Gasteiger partial charge in [0.1, 0.15) is 0 Å². The second-order valence-electron chi connectivity index (χ2n) is 4.36. The fourth-order valence-electron chi connectivity index (χ4n) is 2.31. The summed E-state index contributed by atoms with van der Waals surface area (Å²) in [6, 6.07) is 17.6. The molecule has 0 aliphatic carbocycles. The summed E-state index contributed by atoms with van der Waals surface area (Å²) in [6.07, 6.45) is 2.90. The topological polar surface area (TPSA) is 60.5 Å². The Morgan fingerprint density at radius 2 is 1.70 bits per heavy atom. The molecule has 20 heavy (non-hydrogen) atoms. The van der Waals surface area contributed by atoms with Gasteiger partial charge in [-0.1, -0.05) is 24.3 Å². The quantitative estimate of drug-likeness (QED) is 0.577. The first kappa shape index (κ1) is 11.9. The highest BCUT2D eigenvalue weighted by atomic mass is 14.7. The van der Waals surface area contributed by atoms with E-state index in [4.69, 9.17) is 10.5 Å². The molecule has 0 unspecified atom stereocenters. The van der Waals surface area contributed by atoms with Crippen LogP contribution < -0.4 is 10.4 Å². The summed E-state index contributed by atoms with van der Waals surface area (Å²) in [5.74, 6) is 0. The summed E-state index contributed by atoms with van der Waals surface area (Å²) in [6.45, 7) is 0. The lowest BCUT2D eigenvalue weighted by Crippen LogP contribution is -2.25. The predicted octanol–water partition coefficient (Wildman–Crippen LogP) is 2.00. The van der Waals surface area contributed by atoms with Crippen LogP contribution in [0.1, 0.15) is 0 Å². The summed E-state index contributed by atoms with van der Waals surface area (Å²) in [5.41, 5.74) is 1.74. The van der Waals surface area contributed by atoms with Crippen molar-refractivity contribution in [2.45, 2.75) is 0 Å². The molecule has 0 fully saturated rings. The molecule has 0 saturated heterocycles. The number of nitriles is 2. The highest BCUT2D eigenvalue weighted by molar-refractivity contribution is 5.93. The van der Waals surface area contributed by atoms with Gasteiger partial charge in [0.2, 0.25) is 0 Å². The Morgan fingerprint density at radius 1 is 0.900 bits per heavy atom. The van der Waals surface area contributed by atoms with Gasteiger partial charge in [0.25, 0.3) is 0 Å². The van der Waals surface area contributed by atoms with Crippen LogP contribution in [0, 0.1) is 22.7 Å². The molecule has 0 aliphatic rings. The number of pyridine rings is 1. The first-order chi connectivity index (χ1) is 9.83. The van der Waals surface area contributed by atoms with E-state index < -0.39 is 0 Å². The van der Waals surface area contributed by atoms with Crippen molar-refractivity contribution in [3.63, 3.8) is 0 Å². The number of aromatic nitrogens is 1. The van der Waals surface area contributed by atoms with E-state index in [0.717, 1.165) is 32.2 Å². The molecular formula is C17H9N3. The molecule has 0 aliphatic heterocycles. The molecule has 0 amide bonds. The maximum atomic E-state index is 8.96. The van der Waals surface area contributed by atoms with Gasteiger partial charge in [0, 0.05) is 28.1 Å². The van der Waals surface area contributed by atoms with E-state index in [1.54, 1.807) is 0 Å². The van der Waals surface area contributed by atoms with Crippen LogP contribution in [0.15, 0.2) is 42.5 Å². The highest BCUT2D eigenvalue weighted by Crippen LogP contribution is 2.15. The van der Waals surface area contributed by atoms with E-state index in [-0.39, 0.29) is 0 Å². The number of hydrogen-bond acceptors (Lipinski definition) is 3. The molecule has 3 rings (SSSR count). The molecule has 2 aromatic carbocycles. The third kappa shape index (κ3) is 1.88. The molecule has 1 heterocycles. The number of para-hydroxylation sites is 1. The van der Waals surface area contributed by atoms with Crippen molar-refractivity contribution in [2.24, 2.45) is 0 Å². The van der Waals surface area contributed by atoms with Crippen molar-refractivity contribution in [3.8, 4) is 12.1 Å². The molecule has 1 aromatic heterocycles. The summed E-state index contributed by atoms with van der Waals surface area (Å²) in [5, 5.41) is 21.2. The molecule has 0 atom stereocenters. The summed E-state index contributed by atoms with van der Waals surface area (Å²) in [4.78, 5) is 4.60. The van der Waals surface area contributed by atoms with Crippen molar-refractivity contribution in [1.29, 1.82) is 10.5 Å². The van der Waals surface area contributed by atoms with E-state index in [1.807, 2.05) is 54.6 Å². The van der Waals surface area contributed by atoms with Crippen LogP contribution >= 0.6 is 0 Å². The Hall–Kier alpha value is -3.17. The first-order valence-electron chi connectivity index (χ1n) is 6.11. The minimum absolute atomic E-state index is 0.735. The van der Waals surface area contributed by atoms with Gasteiger partial charge in [0.15, 0.2) is 0 Å². The SMILES string of the molecule is N#CC=c1ccc2nc3ccccc3cc2c1=CC#N. The second-order valence-corrected chi connectivity index (χ2v) is 4.36. The minimum Gasteiger partial charge on any atom is -0.248 e. The molecule has 0 radical (unpaired) electrons. The van der Waals surface area contributed by atoms with Crippen molar-refractivity contribution >= 4 is 34.0 Å². The van der Waals surface area contributed by atoms with E-state index in [2.05, 4.69) is 4.98 Å². The number of hydrogen-bond donors (Lipinski definition) is 0. The van der Waals surface area contributed by atoms with Crippen LogP contribution in [0.25, 0.3) is 34.0 Å². The molecule has 0 saturated carbocycles. The third-order valence-corrected chi connectivity index (χ3v) is 3.20. The highest BCUT2D eigenvalue weighted by Gasteiger charge is 2.01. The van der Waals surface area contributed by atoms with Gasteiger partial charge in [-0.25, -0.2) is 4.98 Å². The lowest BCUT2D eigenvalue weighted by Gasteiger charge is -2.02. The monoisotopic (exact) mass is 255 g/mol. The largest absolute Gasteiger partial charge is 0.248 e. The van der Waals surface area contributed by atoms with Gasteiger partial charge in [-0.15, -0.1) is 0 Å². The molecule has 3 aromatic rings. The maximum absolute atomic E-state index is 8.96. The molecule has 0 bridgehead atoms. The van der Waals surface area contributed by atoms with E-state index in [9.17, 15) is 0 Å². The van der Waals surface area contributed by atoms with Gasteiger partial charge in [-0.2, -0.15) is 10.5 Å². The van der Waals surface area contributed by atoms with Crippen LogP contribution in [0.2, 0.25) is 0 Å². The van der Waals surface area contributed by atoms with Crippen molar-refractivity contribution in [3.05, 3.63) is 52.9 Å². The molecule has 92 valence electrons. The van der Waals surface area contributed by atoms with Crippen LogP contribution in [-0.4, -0.2) is 4.98 Å². The molecule has 0 spiro atoms. The predicted molar refractivity (Wildman–Crippen MR) is 78.7 cm³/mol. The number of fused-ring (bicyclic) bond motifs is 2. The van der Waals surface area contributed by atoms with Crippen molar-refractivity contribution < 1.29 is 0 Å². The average Bonchev–Trinajstić information content (AvgIpc) is 2.48. The van der Waals surface area contributed by atoms with Crippen LogP contribution in [-0.2, 0) is 0 Å². The summed E-state index contributed by atoms with van der Waals surface area (Å²) >= 11 is 0. The average molecular weight is 255 g/mol. The second kappa shape index (κ2) is 4.84.